The molecule has 0 amide bonds. The molecule has 34 heavy (non-hydrogen) atoms. The summed E-state index contributed by atoms with van der Waals surface area (Å²) in [5, 5.41) is 14.4. The lowest BCUT2D eigenvalue weighted by atomic mass is 10.1. The molecule has 1 aliphatic heterocycles. The van der Waals surface area contributed by atoms with E-state index in [0.717, 1.165) is 29.7 Å². The summed E-state index contributed by atoms with van der Waals surface area (Å²) < 4.78 is 67.8. The third kappa shape index (κ3) is 3.61. The average Bonchev–Trinajstić information content (AvgIpc) is 2.78. The summed E-state index contributed by atoms with van der Waals surface area (Å²) in [7, 11) is -4.17. The Morgan fingerprint density at radius 3 is 2.26 bits per heavy atom. The van der Waals surface area contributed by atoms with E-state index in [2.05, 4.69) is 5.32 Å². The second-order valence-corrected chi connectivity index (χ2v) is 9.51. The Morgan fingerprint density at radius 2 is 1.53 bits per heavy atom. The molecule has 2 N–H and O–H groups in total. The first-order chi connectivity index (χ1) is 16.1. The maximum atomic E-state index is 14.1. The summed E-state index contributed by atoms with van der Waals surface area (Å²) in [6, 6.07) is 11.9. The molecular weight excluding hydrogens is 469 g/mol. The van der Waals surface area contributed by atoms with Crippen LogP contribution in [0.5, 0.6) is 5.75 Å². The van der Waals surface area contributed by atoms with Gasteiger partial charge in [0.25, 0.3) is 5.56 Å². The number of aromatic hydroxyl groups is 1. The highest BCUT2D eigenvalue weighted by molar-refractivity contribution is 7.94. The minimum absolute atomic E-state index is 0.0159. The number of nitrogens with zero attached hydrogens (tertiary/aromatic N) is 1. The zero-order valence-electron chi connectivity index (χ0n) is 17.2. The molecule has 0 fully saturated rings. The number of sulfone groups is 1. The fraction of sp³-hybridized carbons (Fsp3) is 0.0417. The second kappa shape index (κ2) is 7.77. The monoisotopic (exact) mass is 484 g/mol. The maximum Gasteiger partial charge on any atom is 0.264 e. The van der Waals surface area contributed by atoms with E-state index >= 15 is 0 Å². The molecule has 0 saturated carbocycles. The zero-order valence-corrected chi connectivity index (χ0v) is 18.0. The smallest absolute Gasteiger partial charge is 0.264 e. The van der Waals surface area contributed by atoms with Crippen LogP contribution in [-0.2, 0) is 16.4 Å². The number of fused-ring (bicyclic) bond motifs is 2. The van der Waals surface area contributed by atoms with Gasteiger partial charge >= 0.3 is 0 Å². The molecule has 4 aromatic rings. The van der Waals surface area contributed by atoms with Crippen LogP contribution in [0.1, 0.15) is 11.1 Å². The minimum atomic E-state index is -4.17. The fourth-order valence-electron chi connectivity index (χ4n) is 3.94. The van der Waals surface area contributed by atoms with E-state index in [1.54, 1.807) is 0 Å². The third-order valence-electron chi connectivity index (χ3n) is 5.52. The van der Waals surface area contributed by atoms with Crippen LogP contribution in [-0.4, -0.2) is 18.1 Å². The van der Waals surface area contributed by atoms with E-state index in [9.17, 15) is 31.5 Å². The minimum Gasteiger partial charge on any atom is -0.506 e. The van der Waals surface area contributed by atoms with Crippen molar-refractivity contribution in [2.24, 2.45) is 0 Å². The Kier molecular flexibility index (Phi) is 4.98. The molecular formula is C24H15F3N2O4S. The van der Waals surface area contributed by atoms with Crippen molar-refractivity contribution >= 4 is 32.1 Å². The molecule has 1 aliphatic rings. The number of nitrogens with one attached hydrogen (secondary N) is 1. The number of benzene rings is 3. The first-order valence-corrected chi connectivity index (χ1v) is 11.5. The Morgan fingerprint density at radius 1 is 0.882 bits per heavy atom. The van der Waals surface area contributed by atoms with E-state index in [4.69, 9.17) is 0 Å². The van der Waals surface area contributed by atoms with Gasteiger partial charge in [-0.15, -0.1) is 0 Å². The van der Waals surface area contributed by atoms with Crippen LogP contribution in [0, 0.1) is 17.5 Å². The van der Waals surface area contributed by atoms with Gasteiger partial charge in [-0.2, -0.15) is 0 Å². The highest BCUT2D eigenvalue weighted by Gasteiger charge is 2.29. The van der Waals surface area contributed by atoms with Crippen LogP contribution >= 0.6 is 0 Å². The van der Waals surface area contributed by atoms with Crippen molar-refractivity contribution in [3.05, 3.63) is 105 Å². The van der Waals surface area contributed by atoms with Gasteiger partial charge in [-0.25, -0.2) is 21.6 Å². The van der Waals surface area contributed by atoms with Gasteiger partial charge in [0.2, 0.25) is 9.84 Å². The standard InChI is InChI=1S/C24H15F3N2O4S/c25-14-3-1-13(2-4-14)11-29-20-8-6-15(26)9-17(20)23(30)22(24(29)31)19-12-34(32,33)21-10-16(27)5-7-18(21)28-19/h1-10,12,28,30H,11H2. The molecule has 0 unspecified atom stereocenters. The molecule has 0 radical (unpaired) electrons. The molecule has 3 aromatic carbocycles. The molecule has 0 spiro atoms. The van der Waals surface area contributed by atoms with Crippen LogP contribution in [0.3, 0.4) is 0 Å². The molecule has 0 atom stereocenters. The van der Waals surface area contributed by atoms with Gasteiger partial charge in [0.15, 0.2) is 0 Å². The van der Waals surface area contributed by atoms with Crippen LogP contribution < -0.4 is 10.9 Å². The fourth-order valence-corrected chi connectivity index (χ4v) is 5.25. The van der Waals surface area contributed by atoms with E-state index in [1.165, 1.54) is 41.0 Å². The van der Waals surface area contributed by atoms with E-state index in [0.29, 0.717) is 5.56 Å². The van der Waals surface area contributed by atoms with Gasteiger partial charge < -0.3 is 15.0 Å². The molecule has 5 rings (SSSR count). The normalized spacial score (nSPS) is 14.4. The predicted octanol–water partition coefficient (Wildman–Crippen LogP) is 4.37. The second-order valence-electron chi connectivity index (χ2n) is 7.74. The van der Waals surface area contributed by atoms with Gasteiger partial charge in [-0.3, -0.25) is 4.79 Å². The molecule has 0 saturated heterocycles. The van der Waals surface area contributed by atoms with Crippen molar-refractivity contribution in [3.63, 3.8) is 0 Å². The quantitative estimate of drug-likeness (QED) is 0.451. The van der Waals surface area contributed by atoms with Gasteiger partial charge in [0, 0.05) is 5.39 Å². The first-order valence-electron chi connectivity index (χ1n) is 9.97. The number of pyridine rings is 1. The van der Waals surface area contributed by atoms with Crippen molar-refractivity contribution in [2.75, 3.05) is 5.32 Å². The number of hydrogen-bond donors (Lipinski definition) is 2. The molecule has 0 bridgehead atoms. The number of aromatic nitrogens is 1. The number of hydrogen-bond acceptors (Lipinski definition) is 5. The van der Waals surface area contributed by atoms with Gasteiger partial charge in [-0.1, -0.05) is 12.1 Å². The third-order valence-corrected chi connectivity index (χ3v) is 7.01. The summed E-state index contributed by atoms with van der Waals surface area (Å²) in [4.78, 5) is 13.2. The number of halogens is 3. The molecule has 1 aromatic heterocycles. The van der Waals surface area contributed by atoms with Crippen molar-refractivity contribution < 1.29 is 26.7 Å². The van der Waals surface area contributed by atoms with E-state index < -0.39 is 44.2 Å². The Bertz CT molecular complexity index is 1680. The summed E-state index contributed by atoms with van der Waals surface area (Å²) >= 11 is 0. The van der Waals surface area contributed by atoms with Crippen molar-refractivity contribution in [1.82, 2.24) is 4.57 Å². The molecule has 6 nitrogen and oxygen atoms in total. The summed E-state index contributed by atoms with van der Waals surface area (Å²) in [6.07, 6.45) is 0. The van der Waals surface area contributed by atoms with Gasteiger partial charge in [-0.05, 0) is 54.1 Å². The Balaban J connectivity index is 1.77. The Hall–Kier alpha value is -4.05. The highest BCUT2D eigenvalue weighted by atomic mass is 32.2. The molecule has 10 heteroatoms. The molecule has 172 valence electrons. The average molecular weight is 484 g/mol. The van der Waals surface area contributed by atoms with Crippen molar-refractivity contribution in [1.29, 1.82) is 0 Å². The van der Waals surface area contributed by atoms with Crippen LogP contribution in [0.4, 0.5) is 18.9 Å². The van der Waals surface area contributed by atoms with E-state index in [-0.39, 0.29) is 33.7 Å². The molecule has 0 aliphatic carbocycles. The van der Waals surface area contributed by atoms with Crippen molar-refractivity contribution in [3.8, 4) is 5.75 Å². The summed E-state index contributed by atoms with van der Waals surface area (Å²) in [5.41, 5.74) is -0.662. The van der Waals surface area contributed by atoms with Crippen LogP contribution in [0.2, 0.25) is 0 Å². The van der Waals surface area contributed by atoms with Gasteiger partial charge in [0.1, 0.15) is 28.8 Å². The number of anilines is 1. The lowest BCUT2D eigenvalue weighted by Gasteiger charge is -2.22. The topological polar surface area (TPSA) is 88.4 Å². The Labute approximate surface area is 191 Å². The van der Waals surface area contributed by atoms with Gasteiger partial charge in [0.05, 0.1) is 33.7 Å². The lowest BCUT2D eigenvalue weighted by molar-refractivity contribution is 0.476. The summed E-state index contributed by atoms with van der Waals surface area (Å²) in [6.45, 7) is -0.0592. The molecule has 2 heterocycles. The number of rotatable bonds is 3. The van der Waals surface area contributed by atoms with E-state index in [1.807, 2.05) is 0 Å². The SMILES string of the molecule is O=c1c(C2=CS(=O)(=O)c3cc(F)ccc3N2)c(O)c2cc(F)ccc2n1Cc1ccc(F)cc1. The zero-order chi connectivity index (χ0) is 24.2. The predicted molar refractivity (Wildman–Crippen MR) is 121 cm³/mol. The summed E-state index contributed by atoms with van der Waals surface area (Å²) in [5.74, 6) is -2.52. The lowest BCUT2D eigenvalue weighted by Crippen LogP contribution is -2.27. The first kappa shape index (κ1) is 21.8. The van der Waals surface area contributed by atoms with Crippen molar-refractivity contribution in [2.45, 2.75) is 11.4 Å². The van der Waals surface area contributed by atoms with Crippen LogP contribution in [0.15, 0.2) is 75.8 Å². The largest absolute Gasteiger partial charge is 0.506 e. The maximum absolute atomic E-state index is 14.1. The van der Waals surface area contributed by atoms with Crippen LogP contribution in [0.25, 0.3) is 16.6 Å². The highest BCUT2D eigenvalue weighted by Crippen LogP contribution is 2.37.